The topological polar surface area (TPSA) is 53.5 Å². The predicted molar refractivity (Wildman–Crippen MR) is 127 cm³/mol. The van der Waals surface area contributed by atoms with Gasteiger partial charge in [-0.25, -0.2) is 4.99 Å². The monoisotopic (exact) mass is 421 g/mol. The second kappa shape index (κ2) is 9.77. The second-order valence-corrected chi connectivity index (χ2v) is 8.26. The number of benzene rings is 2. The molecule has 0 aliphatic heterocycles. The fourth-order valence-corrected chi connectivity index (χ4v) is 3.52. The van der Waals surface area contributed by atoms with Crippen molar-refractivity contribution >= 4 is 29.9 Å². The highest BCUT2D eigenvalue weighted by Crippen LogP contribution is 2.47. The van der Waals surface area contributed by atoms with Crippen molar-refractivity contribution in [2.24, 2.45) is 4.99 Å². The van der Waals surface area contributed by atoms with Crippen molar-refractivity contribution in [2.75, 3.05) is 12.4 Å². The zero-order valence-corrected chi connectivity index (χ0v) is 18.3. The molecule has 2 aromatic carbocycles. The van der Waals surface area contributed by atoms with E-state index >= 15 is 0 Å². The Bertz CT molecular complexity index is 972. The normalized spacial score (nSPS) is 15.1. The lowest BCUT2D eigenvalue weighted by Gasteiger charge is -2.10. The van der Waals surface area contributed by atoms with E-state index < -0.39 is 0 Å². The Kier molecular flexibility index (Phi) is 7.11. The molecule has 1 aliphatic carbocycles. The van der Waals surface area contributed by atoms with Crippen LogP contribution < -0.4 is 10.6 Å². The first kappa shape index (κ1) is 21.8. The van der Waals surface area contributed by atoms with Crippen molar-refractivity contribution in [3.63, 3.8) is 0 Å². The molecule has 0 spiro atoms. The number of aliphatic imine (C=N–C) groups is 1. The van der Waals surface area contributed by atoms with Crippen LogP contribution in [-0.4, -0.2) is 19.7 Å². The number of carbonyl (C=O) groups excluding carboxylic acids is 1. The van der Waals surface area contributed by atoms with E-state index in [2.05, 4.69) is 29.3 Å². The van der Waals surface area contributed by atoms with Gasteiger partial charge in [-0.3, -0.25) is 4.79 Å². The van der Waals surface area contributed by atoms with Gasteiger partial charge in [0.15, 0.2) is 0 Å². The summed E-state index contributed by atoms with van der Waals surface area (Å²) < 4.78 is 0. The third kappa shape index (κ3) is 5.61. The lowest BCUT2D eigenvalue weighted by atomic mass is 9.97. The summed E-state index contributed by atoms with van der Waals surface area (Å²) in [4.78, 5) is 16.4. The quantitative estimate of drug-likeness (QED) is 0.391. The van der Waals surface area contributed by atoms with Gasteiger partial charge in [0.25, 0.3) is 5.91 Å². The van der Waals surface area contributed by atoms with Crippen molar-refractivity contribution in [1.29, 1.82) is 0 Å². The van der Waals surface area contributed by atoms with Gasteiger partial charge in [-0.1, -0.05) is 42.8 Å². The van der Waals surface area contributed by atoms with E-state index in [1.54, 1.807) is 6.08 Å². The van der Waals surface area contributed by atoms with E-state index in [4.69, 9.17) is 11.6 Å². The number of aryl methyl sites for hydroxylation is 1. The summed E-state index contributed by atoms with van der Waals surface area (Å²) in [6.45, 7) is 5.80. The predicted octanol–water partition coefficient (Wildman–Crippen LogP) is 5.89. The van der Waals surface area contributed by atoms with Crippen molar-refractivity contribution in [2.45, 2.75) is 38.0 Å². The summed E-state index contributed by atoms with van der Waals surface area (Å²) in [7, 11) is 1.90. The standard InChI is InChI=1S/C25H28ClN3O/c1-25(15-16-25)20-11-9-18(10-12-20)24(30)29-23(28-3)8-6-4-5-7-19-17-21(26)13-14-22(19)27-2/h4,6,8-14,17,27H,3,5,7,15-16H2,1-2H3,(H,29,30)/b6-4-,23-8+. The van der Waals surface area contributed by atoms with Crippen LogP contribution in [0.2, 0.25) is 5.02 Å². The fraction of sp³-hybridized carbons (Fsp3) is 0.280. The Morgan fingerprint density at radius 1 is 1.23 bits per heavy atom. The van der Waals surface area contributed by atoms with Gasteiger partial charge in [0.2, 0.25) is 0 Å². The van der Waals surface area contributed by atoms with Crippen LogP contribution in [0.3, 0.4) is 0 Å². The van der Waals surface area contributed by atoms with Gasteiger partial charge >= 0.3 is 0 Å². The smallest absolute Gasteiger partial charge is 0.256 e. The first-order chi connectivity index (χ1) is 14.4. The van der Waals surface area contributed by atoms with E-state index in [9.17, 15) is 4.79 Å². The van der Waals surface area contributed by atoms with Crippen LogP contribution >= 0.6 is 11.6 Å². The minimum absolute atomic E-state index is 0.188. The number of anilines is 1. The van der Waals surface area contributed by atoms with E-state index in [-0.39, 0.29) is 5.91 Å². The molecule has 2 aromatic rings. The number of rotatable bonds is 9. The molecule has 1 fully saturated rings. The average Bonchev–Trinajstić information content (AvgIpc) is 3.51. The minimum atomic E-state index is -0.188. The molecule has 0 aromatic heterocycles. The lowest BCUT2D eigenvalue weighted by molar-refractivity contribution is 0.0965. The van der Waals surface area contributed by atoms with Crippen LogP contribution in [-0.2, 0) is 11.8 Å². The first-order valence-corrected chi connectivity index (χ1v) is 10.5. The Morgan fingerprint density at radius 3 is 2.60 bits per heavy atom. The van der Waals surface area contributed by atoms with Crippen LogP contribution in [0.4, 0.5) is 5.69 Å². The van der Waals surface area contributed by atoms with Crippen molar-refractivity contribution in [3.8, 4) is 0 Å². The summed E-state index contributed by atoms with van der Waals surface area (Å²) in [6, 6.07) is 13.7. The molecular weight excluding hydrogens is 394 g/mol. The van der Waals surface area contributed by atoms with E-state index in [0.29, 0.717) is 16.8 Å². The second-order valence-electron chi connectivity index (χ2n) is 7.82. The SMILES string of the molecule is C=N/C(=C\C=C/CCc1cc(Cl)ccc1NC)NC(=O)c1ccc(C2(C)CC2)cc1. The molecular formula is C25H28ClN3O. The molecule has 1 amide bonds. The summed E-state index contributed by atoms with van der Waals surface area (Å²) in [6.07, 6.45) is 9.78. The molecule has 156 valence electrons. The van der Waals surface area contributed by atoms with Gasteiger partial charge in [0.05, 0.1) is 0 Å². The van der Waals surface area contributed by atoms with Gasteiger partial charge < -0.3 is 10.6 Å². The Morgan fingerprint density at radius 2 is 1.97 bits per heavy atom. The number of nitrogens with one attached hydrogen (secondary N) is 2. The zero-order valence-electron chi connectivity index (χ0n) is 17.5. The number of allylic oxidation sites excluding steroid dienone is 3. The first-order valence-electron chi connectivity index (χ1n) is 10.2. The van der Waals surface area contributed by atoms with Crippen LogP contribution in [0.1, 0.15) is 47.7 Å². The molecule has 5 heteroatoms. The Hall–Kier alpha value is -2.85. The van der Waals surface area contributed by atoms with Crippen LogP contribution in [0, 0.1) is 0 Å². The maximum atomic E-state index is 12.5. The Balaban J connectivity index is 1.54. The van der Waals surface area contributed by atoms with Crippen LogP contribution in [0.15, 0.2) is 71.5 Å². The van der Waals surface area contributed by atoms with Crippen molar-refractivity contribution < 1.29 is 4.79 Å². The maximum Gasteiger partial charge on any atom is 0.256 e. The van der Waals surface area contributed by atoms with Gasteiger partial charge in [-0.15, -0.1) is 0 Å². The highest BCUT2D eigenvalue weighted by atomic mass is 35.5. The summed E-state index contributed by atoms with van der Waals surface area (Å²) in [5.41, 5.74) is 4.44. The molecule has 2 N–H and O–H groups in total. The highest BCUT2D eigenvalue weighted by Gasteiger charge is 2.38. The van der Waals surface area contributed by atoms with Crippen molar-refractivity contribution in [1.82, 2.24) is 5.32 Å². The molecule has 1 aliphatic rings. The van der Waals surface area contributed by atoms with Gasteiger partial charge in [0.1, 0.15) is 5.82 Å². The number of nitrogens with zero attached hydrogens (tertiary/aromatic N) is 1. The van der Waals surface area contributed by atoms with E-state index in [1.165, 1.54) is 18.4 Å². The average molecular weight is 422 g/mol. The van der Waals surface area contributed by atoms with E-state index in [1.807, 2.05) is 61.7 Å². The van der Waals surface area contributed by atoms with Crippen LogP contribution in [0.5, 0.6) is 0 Å². The molecule has 0 radical (unpaired) electrons. The van der Waals surface area contributed by atoms with Gasteiger partial charge in [0, 0.05) is 23.3 Å². The molecule has 0 heterocycles. The van der Waals surface area contributed by atoms with Crippen LogP contribution in [0.25, 0.3) is 0 Å². The third-order valence-corrected chi connectivity index (χ3v) is 5.80. The number of hydrogen-bond donors (Lipinski definition) is 2. The fourth-order valence-electron chi connectivity index (χ4n) is 3.33. The molecule has 0 bridgehead atoms. The molecule has 4 nitrogen and oxygen atoms in total. The molecule has 0 saturated heterocycles. The molecule has 1 saturated carbocycles. The lowest BCUT2D eigenvalue weighted by Crippen LogP contribution is -2.21. The highest BCUT2D eigenvalue weighted by molar-refractivity contribution is 6.30. The number of amides is 1. The summed E-state index contributed by atoms with van der Waals surface area (Å²) in [5.74, 6) is 0.236. The van der Waals surface area contributed by atoms with Crippen molar-refractivity contribution in [3.05, 3.63) is 88.2 Å². The molecule has 3 rings (SSSR count). The van der Waals surface area contributed by atoms with Gasteiger partial charge in [-0.05, 0) is 85.4 Å². The minimum Gasteiger partial charge on any atom is -0.388 e. The molecule has 0 unspecified atom stereocenters. The zero-order chi connectivity index (χ0) is 21.6. The maximum absolute atomic E-state index is 12.5. The van der Waals surface area contributed by atoms with E-state index in [0.717, 1.165) is 29.1 Å². The third-order valence-electron chi connectivity index (χ3n) is 5.56. The molecule has 0 atom stereocenters. The molecule has 30 heavy (non-hydrogen) atoms. The number of hydrogen-bond acceptors (Lipinski definition) is 3. The number of halogens is 1. The summed E-state index contributed by atoms with van der Waals surface area (Å²) in [5, 5.41) is 6.71. The number of carbonyl (C=O) groups is 1. The van der Waals surface area contributed by atoms with Gasteiger partial charge in [-0.2, -0.15) is 0 Å². The summed E-state index contributed by atoms with van der Waals surface area (Å²) >= 11 is 6.09. The largest absolute Gasteiger partial charge is 0.388 e. The Labute approximate surface area is 183 Å².